The fraction of sp³-hybridized carbons (Fsp3) is 0.450. The number of esters is 4. The first-order chi connectivity index (χ1) is 23.5. The summed E-state index contributed by atoms with van der Waals surface area (Å²) >= 11 is 0. The number of ether oxygens (including phenoxy) is 4. The third-order valence-electron chi connectivity index (χ3n) is 10.9. The molecule has 10 nitrogen and oxygen atoms in total. The second-order valence-corrected chi connectivity index (χ2v) is 14.4. The van der Waals surface area contributed by atoms with Crippen molar-refractivity contribution in [3.8, 4) is 0 Å². The van der Waals surface area contributed by atoms with Crippen LogP contribution >= 0.6 is 0 Å². The minimum absolute atomic E-state index is 0.220. The molecule has 266 valence electrons. The lowest BCUT2D eigenvalue weighted by Gasteiger charge is -2.62. The molecular formula is C40H46O10. The molecule has 0 radical (unpaired) electrons. The van der Waals surface area contributed by atoms with E-state index in [-0.39, 0.29) is 24.8 Å². The Kier molecular flexibility index (Phi) is 10.3. The van der Waals surface area contributed by atoms with Crippen LogP contribution in [0.2, 0.25) is 0 Å². The highest BCUT2D eigenvalue weighted by Gasteiger charge is 2.69. The van der Waals surface area contributed by atoms with Crippen LogP contribution in [0.4, 0.5) is 0 Å². The second kappa shape index (κ2) is 14.0. The lowest BCUT2D eigenvalue weighted by atomic mass is 9.47. The molecule has 8 atom stereocenters. The lowest BCUT2D eigenvalue weighted by molar-refractivity contribution is -0.233. The lowest BCUT2D eigenvalue weighted by Crippen LogP contribution is -2.71. The van der Waals surface area contributed by atoms with Gasteiger partial charge in [0.2, 0.25) is 0 Å². The second-order valence-electron chi connectivity index (χ2n) is 14.4. The van der Waals surface area contributed by atoms with E-state index in [4.69, 9.17) is 18.9 Å². The van der Waals surface area contributed by atoms with Crippen LogP contribution in [0.5, 0.6) is 0 Å². The third kappa shape index (κ3) is 6.66. The zero-order valence-electron chi connectivity index (χ0n) is 29.4. The fourth-order valence-electron chi connectivity index (χ4n) is 8.34. The quantitative estimate of drug-likeness (QED) is 0.165. The molecule has 2 bridgehead atoms. The molecule has 2 aromatic carbocycles. The van der Waals surface area contributed by atoms with Gasteiger partial charge in [0.15, 0.2) is 6.10 Å². The number of carbonyl (C=O) groups excluding carboxylic acids is 4. The molecule has 0 heterocycles. The summed E-state index contributed by atoms with van der Waals surface area (Å²) < 4.78 is 24.4. The highest BCUT2D eigenvalue weighted by atomic mass is 16.6. The Morgan fingerprint density at radius 1 is 0.860 bits per heavy atom. The van der Waals surface area contributed by atoms with Gasteiger partial charge >= 0.3 is 23.9 Å². The number of rotatable bonds is 7. The normalized spacial score (nSPS) is 31.9. The van der Waals surface area contributed by atoms with Gasteiger partial charge in [-0.3, -0.25) is 9.59 Å². The molecular weight excluding hydrogens is 640 g/mol. The number of aliphatic hydroxyl groups is 2. The van der Waals surface area contributed by atoms with Gasteiger partial charge in [0.25, 0.3) is 0 Å². The molecule has 2 saturated carbocycles. The van der Waals surface area contributed by atoms with Crippen LogP contribution < -0.4 is 0 Å². The predicted molar refractivity (Wildman–Crippen MR) is 184 cm³/mol. The van der Waals surface area contributed by atoms with Crippen molar-refractivity contribution in [3.63, 3.8) is 0 Å². The van der Waals surface area contributed by atoms with Crippen molar-refractivity contribution in [2.45, 2.75) is 96.9 Å². The number of aliphatic hydroxyl groups excluding tert-OH is 1. The first kappa shape index (κ1) is 36.7. The van der Waals surface area contributed by atoms with Gasteiger partial charge < -0.3 is 29.2 Å². The Morgan fingerprint density at radius 2 is 1.46 bits per heavy atom. The van der Waals surface area contributed by atoms with E-state index in [9.17, 15) is 29.4 Å². The zero-order valence-corrected chi connectivity index (χ0v) is 29.4. The zero-order chi connectivity index (χ0) is 36.6. The van der Waals surface area contributed by atoms with Crippen LogP contribution in [-0.2, 0) is 33.3 Å². The molecule has 2 N–H and O–H groups in total. The van der Waals surface area contributed by atoms with E-state index < -0.39 is 76.7 Å². The monoisotopic (exact) mass is 686 g/mol. The van der Waals surface area contributed by atoms with Gasteiger partial charge in [0.05, 0.1) is 11.7 Å². The Labute approximate surface area is 292 Å². The van der Waals surface area contributed by atoms with Crippen LogP contribution in [0, 0.1) is 16.7 Å². The Bertz CT molecular complexity index is 1710. The molecule has 0 aromatic heterocycles. The SMILES string of the molecule is C=C1[C@@H](OC(=O)/C=C\c2ccccc2)CC[C@@]2(C)[C@@H](OC(C)=O)[C@H](OC(C)=O)C3=C(C)[C@@H](O)C[C@@](O)([C@@H](OC(=O)c4ccccc4)[C@H]12)C3(C)C. The van der Waals surface area contributed by atoms with Gasteiger partial charge in [-0.15, -0.1) is 0 Å². The van der Waals surface area contributed by atoms with Crippen LogP contribution in [0.15, 0.2) is 90.0 Å². The summed E-state index contributed by atoms with van der Waals surface area (Å²) in [6.45, 7) is 13.8. The molecule has 0 aliphatic heterocycles. The van der Waals surface area contributed by atoms with E-state index in [1.807, 2.05) is 37.3 Å². The van der Waals surface area contributed by atoms with Crippen molar-refractivity contribution >= 4 is 30.0 Å². The molecule has 3 aliphatic rings. The predicted octanol–water partition coefficient (Wildman–Crippen LogP) is 5.53. The van der Waals surface area contributed by atoms with Crippen LogP contribution in [-0.4, -0.2) is 70.2 Å². The molecule has 3 aliphatic carbocycles. The van der Waals surface area contributed by atoms with E-state index >= 15 is 0 Å². The summed E-state index contributed by atoms with van der Waals surface area (Å²) in [4.78, 5) is 52.7. The number of carbonyl (C=O) groups is 4. The van der Waals surface area contributed by atoms with Crippen molar-refractivity contribution < 1.29 is 48.3 Å². The maximum Gasteiger partial charge on any atom is 0.338 e. The van der Waals surface area contributed by atoms with Crippen molar-refractivity contribution in [2.75, 3.05) is 0 Å². The van der Waals surface area contributed by atoms with Gasteiger partial charge in [0, 0.05) is 43.1 Å². The number of hydrogen-bond acceptors (Lipinski definition) is 10. The standard InChI is InChI=1S/C40H46O10/c1-23-29(43)22-40(46)35(50-37(45)28-16-12-9-13-17-28)33-24(2)30(49-31(44)19-18-27-14-10-8-11-15-27)20-21-39(33,7)36(48-26(4)42)34(47-25(3)41)32(23)38(40,5)6/h8-19,29-30,33-36,43,46H,2,20-22H2,1,3-7H3/b19-18-/t29-,30-,33-,34+,35-,36-,39+,40+/m0/s1. The molecule has 0 spiro atoms. The molecule has 0 unspecified atom stereocenters. The number of benzene rings is 2. The maximum absolute atomic E-state index is 13.9. The van der Waals surface area contributed by atoms with Gasteiger partial charge in [-0.2, -0.15) is 0 Å². The summed E-state index contributed by atoms with van der Waals surface area (Å²) in [5.74, 6) is -3.71. The van der Waals surface area contributed by atoms with E-state index in [0.717, 1.165) is 5.56 Å². The van der Waals surface area contributed by atoms with Gasteiger partial charge in [0.1, 0.15) is 23.9 Å². The molecule has 10 heteroatoms. The Morgan fingerprint density at radius 3 is 2.06 bits per heavy atom. The summed E-state index contributed by atoms with van der Waals surface area (Å²) in [5, 5.41) is 24.6. The Balaban J connectivity index is 1.70. The summed E-state index contributed by atoms with van der Waals surface area (Å²) in [6, 6.07) is 17.5. The van der Waals surface area contributed by atoms with E-state index in [1.54, 1.807) is 57.2 Å². The van der Waals surface area contributed by atoms with Gasteiger partial charge in [-0.25, -0.2) is 9.59 Å². The highest BCUT2D eigenvalue weighted by molar-refractivity contribution is 5.89. The Hall–Kier alpha value is -4.54. The summed E-state index contributed by atoms with van der Waals surface area (Å²) in [5.41, 5.74) is -2.36. The minimum Gasteiger partial charge on any atom is -0.458 e. The minimum atomic E-state index is -1.99. The maximum atomic E-state index is 13.9. The van der Waals surface area contributed by atoms with Gasteiger partial charge in [-0.05, 0) is 60.3 Å². The van der Waals surface area contributed by atoms with Crippen LogP contribution in [0.25, 0.3) is 6.08 Å². The van der Waals surface area contributed by atoms with Gasteiger partial charge in [-0.1, -0.05) is 75.9 Å². The average molecular weight is 687 g/mol. The van der Waals surface area contributed by atoms with E-state index in [2.05, 4.69) is 6.58 Å². The van der Waals surface area contributed by atoms with E-state index in [1.165, 1.54) is 19.9 Å². The largest absolute Gasteiger partial charge is 0.458 e. The van der Waals surface area contributed by atoms with Crippen molar-refractivity contribution in [1.29, 1.82) is 0 Å². The van der Waals surface area contributed by atoms with Crippen LogP contribution in [0.1, 0.15) is 76.7 Å². The molecule has 2 fully saturated rings. The number of hydrogen-bond donors (Lipinski definition) is 2. The first-order valence-electron chi connectivity index (χ1n) is 16.9. The third-order valence-corrected chi connectivity index (χ3v) is 10.9. The molecule has 0 amide bonds. The fourth-order valence-corrected chi connectivity index (χ4v) is 8.34. The molecule has 50 heavy (non-hydrogen) atoms. The molecule has 5 rings (SSSR count). The van der Waals surface area contributed by atoms with Crippen molar-refractivity contribution in [3.05, 3.63) is 101 Å². The first-order valence-corrected chi connectivity index (χ1v) is 16.9. The summed E-state index contributed by atoms with van der Waals surface area (Å²) in [6.07, 6.45) is -2.78. The smallest absolute Gasteiger partial charge is 0.338 e. The number of fused-ring (bicyclic) bond motifs is 3. The van der Waals surface area contributed by atoms with Crippen LogP contribution in [0.3, 0.4) is 0 Å². The topological polar surface area (TPSA) is 146 Å². The molecule has 0 saturated heterocycles. The van der Waals surface area contributed by atoms with Crippen molar-refractivity contribution in [1.82, 2.24) is 0 Å². The molecule has 2 aromatic rings. The summed E-state index contributed by atoms with van der Waals surface area (Å²) in [7, 11) is 0. The average Bonchev–Trinajstić information content (AvgIpc) is 3.06. The highest BCUT2D eigenvalue weighted by Crippen LogP contribution is 2.62. The van der Waals surface area contributed by atoms with E-state index in [0.29, 0.717) is 16.7 Å². The van der Waals surface area contributed by atoms with Crippen molar-refractivity contribution in [2.24, 2.45) is 16.7 Å².